The summed E-state index contributed by atoms with van der Waals surface area (Å²) in [5.74, 6) is 1.05. The maximum atomic E-state index is 5.75. The molecule has 1 aromatic rings. The van der Waals surface area contributed by atoms with Gasteiger partial charge in [0.05, 0.1) is 11.7 Å². The molecule has 76 valence electrons. The smallest absolute Gasteiger partial charge is 0.145 e. The number of hydrogen-bond acceptors (Lipinski definition) is 2. The number of hydrogen-bond donors (Lipinski definition) is 0. The maximum absolute atomic E-state index is 5.75. The Morgan fingerprint density at radius 1 is 1.36 bits per heavy atom. The van der Waals surface area contributed by atoms with Crippen LogP contribution in [0.4, 0.5) is 5.69 Å². The van der Waals surface area contributed by atoms with Crippen molar-refractivity contribution < 1.29 is 4.74 Å². The fourth-order valence-corrected chi connectivity index (χ4v) is 1.93. The molecule has 0 saturated heterocycles. The van der Waals surface area contributed by atoms with Crippen molar-refractivity contribution in [3.8, 4) is 5.75 Å². The minimum Gasteiger partial charge on any atom is -0.489 e. The lowest BCUT2D eigenvalue weighted by atomic mass is 10.1. The molecule has 2 nitrogen and oxygen atoms in total. The van der Waals surface area contributed by atoms with Gasteiger partial charge in [-0.3, -0.25) is 0 Å². The number of anilines is 1. The first-order valence-electron chi connectivity index (χ1n) is 5.06. The molecule has 14 heavy (non-hydrogen) atoms. The second kappa shape index (κ2) is 3.19. The molecule has 2 rings (SSSR count). The van der Waals surface area contributed by atoms with Crippen molar-refractivity contribution in [2.45, 2.75) is 26.8 Å². The molecular formula is C12H17NO. The standard InChI is InChI=1S/C12H17NO/c1-8-5-9(2)12-11(6-8)13(4)10(3)7-14-12/h5-6,10H,7H2,1-4H3. The van der Waals surface area contributed by atoms with Gasteiger partial charge in [-0.05, 0) is 38.0 Å². The van der Waals surface area contributed by atoms with Gasteiger partial charge < -0.3 is 9.64 Å². The third-order valence-electron chi connectivity index (χ3n) is 2.91. The highest BCUT2D eigenvalue weighted by Crippen LogP contribution is 2.36. The number of benzene rings is 1. The Morgan fingerprint density at radius 2 is 2.07 bits per heavy atom. The van der Waals surface area contributed by atoms with Crippen LogP contribution in [0, 0.1) is 13.8 Å². The van der Waals surface area contributed by atoms with E-state index < -0.39 is 0 Å². The van der Waals surface area contributed by atoms with E-state index in [9.17, 15) is 0 Å². The molecule has 1 atom stereocenters. The molecule has 1 aromatic carbocycles. The molecular weight excluding hydrogens is 174 g/mol. The van der Waals surface area contributed by atoms with Crippen LogP contribution in [0.5, 0.6) is 5.75 Å². The van der Waals surface area contributed by atoms with Gasteiger partial charge in [0.1, 0.15) is 12.4 Å². The molecule has 0 amide bonds. The topological polar surface area (TPSA) is 12.5 Å². The Hall–Kier alpha value is -1.18. The molecule has 0 aliphatic carbocycles. The third-order valence-corrected chi connectivity index (χ3v) is 2.91. The molecule has 0 radical (unpaired) electrons. The highest BCUT2D eigenvalue weighted by Gasteiger charge is 2.22. The normalized spacial score (nSPS) is 20.3. The number of aryl methyl sites for hydroxylation is 2. The number of likely N-dealkylation sites (N-methyl/N-ethyl adjacent to an activating group) is 1. The number of nitrogens with zero attached hydrogens (tertiary/aromatic N) is 1. The van der Waals surface area contributed by atoms with Crippen molar-refractivity contribution >= 4 is 5.69 Å². The monoisotopic (exact) mass is 191 g/mol. The maximum Gasteiger partial charge on any atom is 0.145 e. The molecule has 1 heterocycles. The van der Waals surface area contributed by atoms with E-state index in [-0.39, 0.29) is 0 Å². The summed E-state index contributed by atoms with van der Waals surface area (Å²) >= 11 is 0. The van der Waals surface area contributed by atoms with Crippen LogP contribution in [0.3, 0.4) is 0 Å². The molecule has 1 aliphatic rings. The van der Waals surface area contributed by atoms with E-state index in [1.165, 1.54) is 16.8 Å². The van der Waals surface area contributed by atoms with E-state index in [0.29, 0.717) is 6.04 Å². The largest absolute Gasteiger partial charge is 0.489 e. The van der Waals surface area contributed by atoms with E-state index in [1.54, 1.807) is 0 Å². The fraction of sp³-hybridized carbons (Fsp3) is 0.500. The Bertz CT molecular complexity index is 360. The molecule has 0 N–H and O–H groups in total. The summed E-state index contributed by atoms with van der Waals surface area (Å²) in [4.78, 5) is 2.29. The molecule has 0 aromatic heterocycles. The minimum atomic E-state index is 0.462. The summed E-state index contributed by atoms with van der Waals surface area (Å²) in [5, 5.41) is 0. The highest BCUT2D eigenvalue weighted by atomic mass is 16.5. The van der Waals surface area contributed by atoms with Gasteiger partial charge in [-0.1, -0.05) is 6.07 Å². The van der Waals surface area contributed by atoms with Crippen LogP contribution in [0.25, 0.3) is 0 Å². The Kier molecular flexibility index (Phi) is 2.14. The van der Waals surface area contributed by atoms with Crippen molar-refractivity contribution in [1.82, 2.24) is 0 Å². The highest BCUT2D eigenvalue weighted by molar-refractivity contribution is 5.64. The SMILES string of the molecule is Cc1cc(C)c2c(c1)N(C)C(C)CO2. The third kappa shape index (κ3) is 1.35. The first kappa shape index (κ1) is 9.38. The second-order valence-corrected chi connectivity index (χ2v) is 4.20. The molecule has 0 spiro atoms. The summed E-state index contributed by atoms with van der Waals surface area (Å²) in [7, 11) is 2.13. The van der Waals surface area contributed by atoms with E-state index in [1.807, 2.05) is 0 Å². The fourth-order valence-electron chi connectivity index (χ4n) is 1.93. The predicted molar refractivity (Wildman–Crippen MR) is 59.3 cm³/mol. The van der Waals surface area contributed by atoms with Crippen molar-refractivity contribution in [2.24, 2.45) is 0 Å². The van der Waals surface area contributed by atoms with Crippen LogP contribution >= 0.6 is 0 Å². The van der Waals surface area contributed by atoms with Crippen LogP contribution in [0.1, 0.15) is 18.1 Å². The zero-order chi connectivity index (χ0) is 10.3. The van der Waals surface area contributed by atoms with Gasteiger partial charge in [0.2, 0.25) is 0 Å². The quantitative estimate of drug-likeness (QED) is 0.624. The zero-order valence-corrected chi connectivity index (χ0v) is 9.29. The van der Waals surface area contributed by atoms with Crippen LogP contribution < -0.4 is 9.64 Å². The second-order valence-electron chi connectivity index (χ2n) is 4.20. The summed E-state index contributed by atoms with van der Waals surface area (Å²) in [6, 6.07) is 4.82. The lowest BCUT2D eigenvalue weighted by molar-refractivity contribution is 0.273. The minimum absolute atomic E-state index is 0.462. The van der Waals surface area contributed by atoms with Gasteiger partial charge in [0.25, 0.3) is 0 Å². The van der Waals surface area contributed by atoms with Gasteiger partial charge in [-0.25, -0.2) is 0 Å². The Morgan fingerprint density at radius 3 is 2.79 bits per heavy atom. The van der Waals surface area contributed by atoms with E-state index in [0.717, 1.165) is 12.4 Å². The van der Waals surface area contributed by atoms with E-state index in [2.05, 4.69) is 44.9 Å². The van der Waals surface area contributed by atoms with Crippen molar-refractivity contribution in [1.29, 1.82) is 0 Å². The van der Waals surface area contributed by atoms with Gasteiger partial charge in [0, 0.05) is 7.05 Å². The summed E-state index contributed by atoms with van der Waals surface area (Å²) in [6.07, 6.45) is 0. The number of fused-ring (bicyclic) bond motifs is 1. The van der Waals surface area contributed by atoms with Crippen molar-refractivity contribution in [3.63, 3.8) is 0 Å². The molecule has 0 bridgehead atoms. The van der Waals surface area contributed by atoms with Crippen LogP contribution in [-0.2, 0) is 0 Å². The molecule has 1 aliphatic heterocycles. The Labute approximate surface area is 85.5 Å². The van der Waals surface area contributed by atoms with Gasteiger partial charge in [0.15, 0.2) is 0 Å². The first-order chi connectivity index (χ1) is 6.59. The average molecular weight is 191 g/mol. The molecule has 0 saturated carbocycles. The molecule has 1 unspecified atom stereocenters. The lowest BCUT2D eigenvalue weighted by Gasteiger charge is -2.34. The van der Waals surface area contributed by atoms with Crippen molar-refractivity contribution in [2.75, 3.05) is 18.6 Å². The van der Waals surface area contributed by atoms with E-state index in [4.69, 9.17) is 4.74 Å². The van der Waals surface area contributed by atoms with Gasteiger partial charge >= 0.3 is 0 Å². The van der Waals surface area contributed by atoms with Gasteiger partial charge in [-0.15, -0.1) is 0 Å². The average Bonchev–Trinajstić information content (AvgIpc) is 2.12. The van der Waals surface area contributed by atoms with Crippen LogP contribution in [0.2, 0.25) is 0 Å². The number of rotatable bonds is 0. The predicted octanol–water partition coefficient (Wildman–Crippen LogP) is 2.52. The van der Waals surface area contributed by atoms with Crippen LogP contribution in [0.15, 0.2) is 12.1 Å². The summed E-state index contributed by atoms with van der Waals surface area (Å²) in [5.41, 5.74) is 3.76. The van der Waals surface area contributed by atoms with Crippen molar-refractivity contribution in [3.05, 3.63) is 23.3 Å². The van der Waals surface area contributed by atoms with E-state index >= 15 is 0 Å². The number of ether oxygens (including phenoxy) is 1. The summed E-state index contributed by atoms with van der Waals surface area (Å²) < 4.78 is 5.75. The van der Waals surface area contributed by atoms with Gasteiger partial charge in [-0.2, -0.15) is 0 Å². The molecule has 2 heteroatoms. The lowest BCUT2D eigenvalue weighted by Crippen LogP contribution is -2.38. The summed E-state index contributed by atoms with van der Waals surface area (Å²) in [6.45, 7) is 7.20. The van der Waals surface area contributed by atoms with Crippen LogP contribution in [-0.4, -0.2) is 19.7 Å². The zero-order valence-electron chi connectivity index (χ0n) is 9.29. The molecule has 0 fully saturated rings. The Balaban J connectivity index is 2.54. The first-order valence-corrected chi connectivity index (χ1v) is 5.06.